The molecule has 0 spiro atoms. The molecule has 1 aliphatic rings. The van der Waals surface area contributed by atoms with Crippen molar-refractivity contribution in [3.05, 3.63) is 0 Å². The molecule has 1 saturated carbocycles. The van der Waals surface area contributed by atoms with E-state index in [0.29, 0.717) is 11.8 Å². The van der Waals surface area contributed by atoms with Crippen LogP contribution in [0.3, 0.4) is 0 Å². The minimum atomic E-state index is 0.316. The summed E-state index contributed by atoms with van der Waals surface area (Å²) in [6.45, 7) is 1.68. The van der Waals surface area contributed by atoms with Crippen LogP contribution in [-0.4, -0.2) is 23.3 Å². The van der Waals surface area contributed by atoms with E-state index >= 15 is 0 Å². The molecular formula is C12H23NOS. The first-order valence-electron chi connectivity index (χ1n) is 5.89. The Kier molecular flexibility index (Phi) is 5.69. The summed E-state index contributed by atoms with van der Waals surface area (Å²) in [5, 5.41) is 0.746. The SMILES string of the molecule is CSC1CC(CCCC(C)=O)C[C@H](N)C1. The quantitative estimate of drug-likeness (QED) is 0.788. The van der Waals surface area contributed by atoms with Gasteiger partial charge in [0.05, 0.1) is 0 Å². The summed E-state index contributed by atoms with van der Waals surface area (Å²) < 4.78 is 0. The number of carbonyl (C=O) groups excluding carboxylic acids is 1. The molecular weight excluding hydrogens is 206 g/mol. The molecule has 88 valence electrons. The molecule has 0 saturated heterocycles. The van der Waals surface area contributed by atoms with Gasteiger partial charge in [0.15, 0.2) is 0 Å². The molecule has 0 aromatic rings. The van der Waals surface area contributed by atoms with Crippen LogP contribution in [0.1, 0.15) is 45.4 Å². The molecule has 0 bridgehead atoms. The van der Waals surface area contributed by atoms with E-state index in [4.69, 9.17) is 5.73 Å². The average molecular weight is 229 g/mol. The second kappa shape index (κ2) is 6.54. The van der Waals surface area contributed by atoms with Crippen molar-refractivity contribution in [3.8, 4) is 0 Å². The van der Waals surface area contributed by atoms with E-state index in [1.807, 2.05) is 11.8 Å². The van der Waals surface area contributed by atoms with Crippen LogP contribution in [0.2, 0.25) is 0 Å². The van der Waals surface area contributed by atoms with Gasteiger partial charge >= 0.3 is 0 Å². The van der Waals surface area contributed by atoms with E-state index in [9.17, 15) is 4.79 Å². The number of nitrogens with two attached hydrogens (primary N) is 1. The van der Waals surface area contributed by atoms with Crippen LogP contribution in [0, 0.1) is 5.92 Å². The molecule has 3 heteroatoms. The Morgan fingerprint density at radius 3 is 2.73 bits per heavy atom. The molecule has 0 aromatic carbocycles. The third-order valence-corrected chi connectivity index (χ3v) is 4.32. The van der Waals surface area contributed by atoms with E-state index in [1.165, 1.54) is 19.3 Å². The van der Waals surface area contributed by atoms with Crippen LogP contribution >= 0.6 is 11.8 Å². The van der Waals surface area contributed by atoms with Crippen molar-refractivity contribution in [3.63, 3.8) is 0 Å². The standard InChI is InChI=1S/C12H23NOS/c1-9(14)4-3-5-10-6-11(13)8-12(7-10)15-2/h10-12H,3-8,13H2,1-2H3/t10?,11-,12?/m0/s1. The van der Waals surface area contributed by atoms with Crippen LogP contribution in [0.15, 0.2) is 0 Å². The van der Waals surface area contributed by atoms with Gasteiger partial charge < -0.3 is 10.5 Å². The van der Waals surface area contributed by atoms with Crippen molar-refractivity contribution in [2.45, 2.75) is 56.7 Å². The van der Waals surface area contributed by atoms with Crippen molar-refractivity contribution in [2.24, 2.45) is 11.7 Å². The second-order valence-corrected chi connectivity index (χ2v) is 5.92. The predicted octanol–water partition coefficient (Wildman–Crippen LogP) is 2.60. The highest BCUT2D eigenvalue weighted by atomic mass is 32.2. The van der Waals surface area contributed by atoms with Crippen LogP contribution < -0.4 is 5.73 Å². The zero-order valence-electron chi connectivity index (χ0n) is 9.87. The molecule has 1 fully saturated rings. The van der Waals surface area contributed by atoms with Crippen molar-refractivity contribution >= 4 is 17.5 Å². The smallest absolute Gasteiger partial charge is 0.129 e. The molecule has 3 atom stereocenters. The Labute approximate surface area is 97.4 Å². The number of hydrogen-bond donors (Lipinski definition) is 1. The summed E-state index contributed by atoms with van der Waals surface area (Å²) in [6, 6.07) is 0.388. The van der Waals surface area contributed by atoms with Gasteiger partial charge in [-0.15, -0.1) is 0 Å². The predicted molar refractivity (Wildman–Crippen MR) is 67.2 cm³/mol. The number of Topliss-reactive ketones (excluding diaryl/α,β-unsaturated/α-hetero) is 1. The molecule has 0 heterocycles. The summed E-state index contributed by atoms with van der Waals surface area (Å²) in [5.41, 5.74) is 6.04. The molecule has 2 N–H and O–H groups in total. The van der Waals surface area contributed by atoms with Crippen LogP contribution in [-0.2, 0) is 4.79 Å². The van der Waals surface area contributed by atoms with E-state index in [1.54, 1.807) is 6.92 Å². The first kappa shape index (κ1) is 13.0. The van der Waals surface area contributed by atoms with Gasteiger partial charge in [0, 0.05) is 17.7 Å². The Balaban J connectivity index is 2.25. The van der Waals surface area contributed by atoms with Gasteiger partial charge in [-0.25, -0.2) is 0 Å². The molecule has 0 aromatic heterocycles. The lowest BCUT2D eigenvalue weighted by Crippen LogP contribution is -2.34. The lowest BCUT2D eigenvalue weighted by atomic mass is 9.82. The topological polar surface area (TPSA) is 43.1 Å². The maximum Gasteiger partial charge on any atom is 0.129 e. The molecule has 0 aliphatic heterocycles. The van der Waals surface area contributed by atoms with Crippen LogP contribution in [0.25, 0.3) is 0 Å². The Hall–Kier alpha value is -0.0200. The largest absolute Gasteiger partial charge is 0.328 e. The van der Waals surface area contributed by atoms with Crippen molar-refractivity contribution in [2.75, 3.05) is 6.26 Å². The number of rotatable bonds is 5. The highest BCUT2D eigenvalue weighted by Gasteiger charge is 2.25. The zero-order chi connectivity index (χ0) is 11.3. The summed E-state index contributed by atoms with van der Waals surface area (Å²) >= 11 is 1.95. The third-order valence-electron chi connectivity index (χ3n) is 3.27. The van der Waals surface area contributed by atoms with Gasteiger partial charge in [-0.3, -0.25) is 0 Å². The summed E-state index contributed by atoms with van der Waals surface area (Å²) in [4.78, 5) is 10.8. The fourth-order valence-corrected chi connectivity index (χ4v) is 3.40. The summed E-state index contributed by atoms with van der Waals surface area (Å²) in [7, 11) is 0. The number of hydrogen-bond acceptors (Lipinski definition) is 3. The highest BCUT2D eigenvalue weighted by molar-refractivity contribution is 7.99. The van der Waals surface area contributed by atoms with E-state index < -0.39 is 0 Å². The number of carbonyl (C=O) groups is 1. The van der Waals surface area contributed by atoms with Gasteiger partial charge in [-0.1, -0.05) is 0 Å². The van der Waals surface area contributed by atoms with Gasteiger partial charge in [0.1, 0.15) is 5.78 Å². The molecule has 1 aliphatic carbocycles. The van der Waals surface area contributed by atoms with Gasteiger partial charge in [0.2, 0.25) is 0 Å². The zero-order valence-corrected chi connectivity index (χ0v) is 10.7. The lowest BCUT2D eigenvalue weighted by molar-refractivity contribution is -0.117. The Morgan fingerprint density at radius 2 is 2.13 bits per heavy atom. The molecule has 2 nitrogen and oxygen atoms in total. The summed E-state index contributed by atoms with van der Waals surface area (Å²) in [6.07, 6.45) is 8.79. The Morgan fingerprint density at radius 1 is 1.40 bits per heavy atom. The van der Waals surface area contributed by atoms with Crippen LogP contribution in [0.5, 0.6) is 0 Å². The van der Waals surface area contributed by atoms with E-state index in [2.05, 4.69) is 6.26 Å². The minimum Gasteiger partial charge on any atom is -0.328 e. The fraction of sp³-hybridized carbons (Fsp3) is 0.917. The monoisotopic (exact) mass is 229 g/mol. The van der Waals surface area contributed by atoms with Gasteiger partial charge in [0.25, 0.3) is 0 Å². The number of thioether (sulfide) groups is 1. The van der Waals surface area contributed by atoms with Gasteiger partial charge in [-0.05, 0) is 51.2 Å². The maximum atomic E-state index is 10.8. The first-order valence-corrected chi connectivity index (χ1v) is 7.18. The minimum absolute atomic E-state index is 0.316. The lowest BCUT2D eigenvalue weighted by Gasteiger charge is -2.32. The second-order valence-electron chi connectivity index (χ2n) is 4.79. The normalized spacial score (nSPS) is 31.5. The molecule has 2 unspecified atom stereocenters. The highest BCUT2D eigenvalue weighted by Crippen LogP contribution is 2.33. The number of ketones is 1. The van der Waals surface area contributed by atoms with E-state index in [0.717, 1.165) is 30.4 Å². The Bertz CT molecular complexity index is 208. The first-order chi connectivity index (χ1) is 7.11. The average Bonchev–Trinajstić information content (AvgIpc) is 2.16. The van der Waals surface area contributed by atoms with Gasteiger partial charge in [-0.2, -0.15) is 11.8 Å². The van der Waals surface area contributed by atoms with Crippen molar-refractivity contribution < 1.29 is 4.79 Å². The maximum absolute atomic E-state index is 10.8. The van der Waals surface area contributed by atoms with Crippen molar-refractivity contribution in [1.29, 1.82) is 0 Å². The van der Waals surface area contributed by atoms with Crippen molar-refractivity contribution in [1.82, 2.24) is 0 Å². The third kappa shape index (κ3) is 5.03. The molecule has 0 amide bonds. The molecule has 1 rings (SSSR count). The molecule has 15 heavy (non-hydrogen) atoms. The van der Waals surface area contributed by atoms with E-state index in [-0.39, 0.29) is 0 Å². The fourth-order valence-electron chi connectivity index (χ4n) is 2.49. The molecule has 0 radical (unpaired) electrons. The summed E-state index contributed by atoms with van der Waals surface area (Å²) in [5.74, 6) is 1.07. The van der Waals surface area contributed by atoms with Crippen LogP contribution in [0.4, 0.5) is 0 Å².